The number of aromatic nitrogens is 3. The molecular formula is C24H31FN6O4S2. The van der Waals surface area contributed by atoms with E-state index in [0.29, 0.717) is 50.2 Å². The molecule has 0 radical (unpaired) electrons. The van der Waals surface area contributed by atoms with Crippen molar-refractivity contribution in [2.45, 2.75) is 31.8 Å². The number of aliphatic hydroxyl groups is 1. The molecule has 4 heterocycles. The fourth-order valence-electron chi connectivity index (χ4n) is 4.67. The van der Waals surface area contributed by atoms with Gasteiger partial charge in [-0.1, -0.05) is 11.3 Å². The summed E-state index contributed by atoms with van der Waals surface area (Å²) in [6.07, 6.45) is 5.00. The van der Waals surface area contributed by atoms with Gasteiger partial charge in [0.15, 0.2) is 5.82 Å². The van der Waals surface area contributed by atoms with Crippen LogP contribution in [0.15, 0.2) is 30.6 Å². The van der Waals surface area contributed by atoms with Crippen molar-refractivity contribution in [1.29, 1.82) is 0 Å². The first-order valence-corrected chi connectivity index (χ1v) is 15.0. The lowest BCUT2D eigenvalue weighted by atomic mass is 10.1. The molecule has 0 saturated carbocycles. The van der Waals surface area contributed by atoms with Crippen LogP contribution in [0.2, 0.25) is 0 Å². The Morgan fingerprint density at radius 3 is 2.46 bits per heavy atom. The van der Waals surface area contributed by atoms with Gasteiger partial charge in [-0.15, -0.1) is 0 Å². The van der Waals surface area contributed by atoms with Crippen molar-refractivity contribution < 1.29 is 22.7 Å². The number of piperidine rings is 1. The Hall–Kier alpha value is -2.61. The normalized spacial score (nSPS) is 18.0. The summed E-state index contributed by atoms with van der Waals surface area (Å²) in [4.78, 5) is 17.0. The van der Waals surface area contributed by atoms with Crippen molar-refractivity contribution in [1.82, 2.24) is 19.3 Å². The number of aliphatic hydroxyl groups excluding tert-OH is 1. The second kappa shape index (κ2) is 11.4. The second-order valence-corrected chi connectivity index (χ2v) is 12.4. The lowest BCUT2D eigenvalue weighted by Crippen LogP contribution is -2.49. The van der Waals surface area contributed by atoms with Crippen LogP contribution < -0.4 is 14.5 Å². The molecule has 2 aliphatic rings. The summed E-state index contributed by atoms with van der Waals surface area (Å²) in [6, 6.07) is 6.11. The van der Waals surface area contributed by atoms with Crippen molar-refractivity contribution >= 4 is 43.2 Å². The molecule has 2 aliphatic heterocycles. The average molecular weight is 551 g/mol. The van der Waals surface area contributed by atoms with Gasteiger partial charge in [0.05, 0.1) is 28.4 Å². The summed E-state index contributed by atoms with van der Waals surface area (Å²) < 4.78 is 46.9. The third-order valence-electron chi connectivity index (χ3n) is 6.76. The number of hydrogen-bond donors (Lipinski definition) is 1. The van der Waals surface area contributed by atoms with Gasteiger partial charge < -0.3 is 19.6 Å². The highest BCUT2D eigenvalue weighted by atomic mass is 32.2. The minimum Gasteiger partial charge on any atom is -0.467 e. The third-order valence-corrected chi connectivity index (χ3v) is 9.62. The molecule has 1 aromatic carbocycles. The number of unbranched alkanes of at least 4 members (excludes halogenated alkanes) is 1. The number of thiazole rings is 1. The molecule has 3 aromatic rings. The van der Waals surface area contributed by atoms with Crippen LogP contribution in [0.1, 0.15) is 25.7 Å². The highest BCUT2D eigenvalue weighted by Crippen LogP contribution is 2.33. The van der Waals surface area contributed by atoms with Gasteiger partial charge in [0.2, 0.25) is 16.0 Å². The second-order valence-electron chi connectivity index (χ2n) is 9.27. The largest absolute Gasteiger partial charge is 0.467 e. The fraction of sp³-hybridized carbons (Fsp3) is 0.542. The fourth-order valence-corrected chi connectivity index (χ4v) is 7.14. The van der Waals surface area contributed by atoms with Crippen molar-refractivity contribution in [3.63, 3.8) is 0 Å². The summed E-state index contributed by atoms with van der Waals surface area (Å²) in [5.41, 5.74) is 1.93. The highest BCUT2D eigenvalue weighted by molar-refractivity contribution is 7.89. The Balaban J connectivity index is 1.15. The van der Waals surface area contributed by atoms with Gasteiger partial charge in [0.1, 0.15) is 6.10 Å². The Morgan fingerprint density at radius 2 is 1.76 bits per heavy atom. The first kappa shape index (κ1) is 26.0. The van der Waals surface area contributed by atoms with E-state index in [1.807, 2.05) is 17.0 Å². The van der Waals surface area contributed by atoms with Crippen molar-refractivity contribution in [3.05, 3.63) is 36.4 Å². The number of anilines is 2. The smallest absolute Gasteiger partial charge is 0.274 e. The summed E-state index contributed by atoms with van der Waals surface area (Å²) in [6.45, 7) is 3.65. The van der Waals surface area contributed by atoms with Crippen molar-refractivity contribution in [3.8, 4) is 5.19 Å². The Labute approximate surface area is 219 Å². The minimum absolute atomic E-state index is 0.0162. The zero-order chi connectivity index (χ0) is 25.8. The predicted molar refractivity (Wildman–Crippen MR) is 141 cm³/mol. The van der Waals surface area contributed by atoms with Crippen LogP contribution in [-0.4, -0.2) is 90.5 Å². The topological polar surface area (TPSA) is 112 Å². The van der Waals surface area contributed by atoms with Gasteiger partial charge in [0.25, 0.3) is 5.19 Å². The molecule has 13 heteroatoms. The average Bonchev–Trinajstić information content (AvgIpc) is 3.31. The summed E-state index contributed by atoms with van der Waals surface area (Å²) in [5.74, 6) is 0.177. The minimum atomic E-state index is -3.28. The number of ether oxygens (including phenoxy) is 1. The van der Waals surface area contributed by atoms with Gasteiger partial charge in [-0.2, -0.15) is 4.31 Å². The first-order chi connectivity index (χ1) is 17.9. The molecule has 2 saturated heterocycles. The van der Waals surface area contributed by atoms with Crippen LogP contribution in [0.5, 0.6) is 5.19 Å². The van der Waals surface area contributed by atoms with E-state index < -0.39 is 15.8 Å². The van der Waals surface area contributed by atoms with Crippen LogP contribution >= 0.6 is 11.3 Å². The molecule has 0 bridgehead atoms. The SMILES string of the molecule is O=S(=O)(CCCCO)N1CCN(c2ccc3nc(OC4CCN(c5ncc(F)cn5)CC4)sc3c2)CC1. The van der Waals surface area contributed by atoms with E-state index in [9.17, 15) is 12.8 Å². The van der Waals surface area contributed by atoms with Crippen LogP contribution in [0, 0.1) is 5.82 Å². The number of rotatable bonds is 9. The number of piperazine rings is 1. The van der Waals surface area contributed by atoms with Gasteiger partial charge >= 0.3 is 0 Å². The van der Waals surface area contributed by atoms with E-state index in [1.165, 1.54) is 23.7 Å². The Bertz CT molecular complexity index is 1290. The molecule has 2 aromatic heterocycles. The molecule has 37 heavy (non-hydrogen) atoms. The van der Waals surface area contributed by atoms with E-state index >= 15 is 0 Å². The third kappa shape index (κ3) is 6.28. The van der Waals surface area contributed by atoms with Crippen molar-refractivity contribution in [2.75, 3.05) is 61.4 Å². The standard InChI is InChI=1S/C24H31FN6O4S2/c25-18-16-26-23(27-17-18)30-7-5-20(6-8-30)35-24-28-21-4-3-19(15-22(21)36-24)29-9-11-31(12-10-29)37(33,34)14-2-1-13-32/h3-4,15-17,20,32H,1-2,5-14H2. The lowest BCUT2D eigenvalue weighted by Gasteiger charge is -2.35. The molecule has 0 unspecified atom stereocenters. The summed E-state index contributed by atoms with van der Waals surface area (Å²) in [5, 5.41) is 9.55. The molecule has 5 rings (SSSR count). The number of benzene rings is 1. The summed E-state index contributed by atoms with van der Waals surface area (Å²) >= 11 is 1.52. The van der Waals surface area contributed by atoms with E-state index in [1.54, 1.807) is 4.31 Å². The Kier molecular flexibility index (Phi) is 8.03. The number of hydrogen-bond acceptors (Lipinski definition) is 10. The van der Waals surface area contributed by atoms with Gasteiger partial charge in [-0.25, -0.2) is 27.8 Å². The van der Waals surface area contributed by atoms with Crippen LogP contribution in [0.3, 0.4) is 0 Å². The van der Waals surface area contributed by atoms with Crippen LogP contribution in [0.25, 0.3) is 10.2 Å². The monoisotopic (exact) mass is 550 g/mol. The molecule has 0 amide bonds. The maximum atomic E-state index is 13.1. The first-order valence-electron chi connectivity index (χ1n) is 12.5. The maximum absolute atomic E-state index is 13.1. The molecule has 10 nitrogen and oxygen atoms in total. The van der Waals surface area contributed by atoms with Gasteiger partial charge in [-0.05, 0) is 31.0 Å². The lowest BCUT2D eigenvalue weighted by molar-refractivity contribution is 0.170. The molecule has 0 spiro atoms. The van der Waals surface area contributed by atoms with E-state index in [2.05, 4.69) is 25.9 Å². The molecule has 1 N–H and O–H groups in total. The summed E-state index contributed by atoms with van der Waals surface area (Å²) in [7, 11) is -3.28. The molecular weight excluding hydrogens is 519 g/mol. The molecule has 0 aliphatic carbocycles. The number of fused-ring (bicyclic) bond motifs is 1. The van der Waals surface area contributed by atoms with Gasteiger partial charge in [0, 0.05) is 64.4 Å². The van der Waals surface area contributed by atoms with Gasteiger partial charge in [-0.3, -0.25) is 0 Å². The van der Waals surface area contributed by atoms with E-state index in [-0.39, 0.29) is 18.5 Å². The highest BCUT2D eigenvalue weighted by Gasteiger charge is 2.27. The number of sulfonamides is 1. The number of nitrogens with zero attached hydrogens (tertiary/aromatic N) is 6. The molecule has 0 atom stereocenters. The number of halogens is 1. The van der Waals surface area contributed by atoms with Crippen LogP contribution in [0.4, 0.5) is 16.0 Å². The van der Waals surface area contributed by atoms with E-state index in [4.69, 9.17) is 9.84 Å². The maximum Gasteiger partial charge on any atom is 0.274 e. The zero-order valence-corrected chi connectivity index (χ0v) is 22.1. The van der Waals surface area contributed by atoms with Crippen LogP contribution in [-0.2, 0) is 10.0 Å². The quantitative estimate of drug-likeness (QED) is 0.402. The van der Waals surface area contributed by atoms with E-state index in [0.717, 1.165) is 41.8 Å². The molecule has 200 valence electrons. The van der Waals surface area contributed by atoms with Crippen molar-refractivity contribution in [2.24, 2.45) is 0 Å². The molecule has 2 fully saturated rings. The predicted octanol–water partition coefficient (Wildman–Crippen LogP) is 2.50. The Morgan fingerprint density at radius 1 is 1.03 bits per heavy atom. The zero-order valence-electron chi connectivity index (χ0n) is 20.5.